The monoisotopic (exact) mass is 275 g/mol. The molecule has 0 fully saturated rings. The van der Waals surface area contributed by atoms with E-state index in [4.69, 9.17) is 9.26 Å². The summed E-state index contributed by atoms with van der Waals surface area (Å²) in [5.41, 5.74) is 2.69. The van der Waals surface area contributed by atoms with Crippen molar-refractivity contribution in [2.45, 2.75) is 0 Å². The number of hydrogen-bond donors (Lipinski definition) is 0. The molecule has 0 amide bonds. The highest BCUT2D eigenvalue weighted by atomic mass is 16.5. The summed E-state index contributed by atoms with van der Waals surface area (Å²) in [5, 5.41) is 7.65. The van der Waals surface area contributed by atoms with Crippen LogP contribution in [0, 0.1) is 0 Å². The molecule has 0 unspecified atom stereocenters. The average molecular weight is 275 g/mol. The molecule has 0 bridgehead atoms. The van der Waals surface area contributed by atoms with E-state index in [0.717, 1.165) is 33.4 Å². The molecule has 0 aliphatic rings. The molecular formula is C18H13NO2. The van der Waals surface area contributed by atoms with Gasteiger partial charge in [0.25, 0.3) is 0 Å². The molecule has 1 heterocycles. The second-order valence-corrected chi connectivity index (χ2v) is 4.92. The molecule has 0 saturated heterocycles. The molecule has 102 valence electrons. The van der Waals surface area contributed by atoms with Crippen LogP contribution in [-0.4, -0.2) is 12.3 Å². The van der Waals surface area contributed by atoms with Gasteiger partial charge in [0.2, 0.25) is 0 Å². The van der Waals surface area contributed by atoms with E-state index in [-0.39, 0.29) is 0 Å². The number of nitrogens with zero attached hydrogens (tertiary/aromatic N) is 1. The van der Waals surface area contributed by atoms with E-state index in [1.165, 1.54) is 5.39 Å². The SMILES string of the molecule is COc1ccc(-c2noc3ccc4ccccc4c23)cc1. The van der Waals surface area contributed by atoms with Gasteiger partial charge in [-0.2, -0.15) is 0 Å². The van der Waals surface area contributed by atoms with Crippen LogP contribution in [0.5, 0.6) is 5.75 Å². The summed E-state index contributed by atoms with van der Waals surface area (Å²) in [4.78, 5) is 0. The fourth-order valence-electron chi connectivity index (χ4n) is 2.66. The molecule has 0 aliphatic carbocycles. The molecule has 4 rings (SSSR count). The van der Waals surface area contributed by atoms with Gasteiger partial charge in [0.05, 0.1) is 12.5 Å². The third kappa shape index (κ3) is 1.86. The standard InChI is InChI=1S/C18H13NO2/c1-20-14-9-6-13(7-10-14)18-17-15-5-3-2-4-12(15)8-11-16(17)21-19-18/h2-11H,1H3. The second kappa shape index (κ2) is 4.63. The number of aromatic nitrogens is 1. The molecule has 0 N–H and O–H groups in total. The zero-order chi connectivity index (χ0) is 14.2. The lowest BCUT2D eigenvalue weighted by Crippen LogP contribution is -1.83. The van der Waals surface area contributed by atoms with Crippen molar-refractivity contribution in [3.8, 4) is 17.0 Å². The van der Waals surface area contributed by atoms with Crippen molar-refractivity contribution in [2.24, 2.45) is 0 Å². The number of fused-ring (bicyclic) bond motifs is 3. The topological polar surface area (TPSA) is 35.3 Å². The molecule has 4 aromatic rings. The van der Waals surface area contributed by atoms with Crippen LogP contribution in [0.25, 0.3) is 33.0 Å². The van der Waals surface area contributed by atoms with Gasteiger partial charge in [-0.1, -0.05) is 35.5 Å². The lowest BCUT2D eigenvalue weighted by Gasteiger charge is -2.02. The first kappa shape index (κ1) is 12.0. The van der Waals surface area contributed by atoms with Gasteiger partial charge in [0.1, 0.15) is 11.4 Å². The summed E-state index contributed by atoms with van der Waals surface area (Å²) < 4.78 is 10.7. The third-order valence-electron chi connectivity index (χ3n) is 3.73. The van der Waals surface area contributed by atoms with Crippen LogP contribution in [-0.2, 0) is 0 Å². The maximum absolute atomic E-state index is 5.49. The van der Waals surface area contributed by atoms with Crippen molar-refractivity contribution in [3.05, 3.63) is 60.7 Å². The molecule has 3 aromatic carbocycles. The van der Waals surface area contributed by atoms with Gasteiger partial charge in [-0.05, 0) is 41.1 Å². The van der Waals surface area contributed by atoms with Crippen LogP contribution < -0.4 is 4.74 Å². The van der Waals surface area contributed by atoms with Gasteiger partial charge in [0.15, 0.2) is 5.58 Å². The van der Waals surface area contributed by atoms with E-state index in [2.05, 4.69) is 23.4 Å². The van der Waals surface area contributed by atoms with E-state index < -0.39 is 0 Å². The zero-order valence-corrected chi connectivity index (χ0v) is 11.5. The van der Waals surface area contributed by atoms with Crippen LogP contribution in [0.2, 0.25) is 0 Å². The van der Waals surface area contributed by atoms with Crippen LogP contribution >= 0.6 is 0 Å². The van der Waals surface area contributed by atoms with Crippen LogP contribution in [0.3, 0.4) is 0 Å². The van der Waals surface area contributed by atoms with E-state index in [9.17, 15) is 0 Å². The summed E-state index contributed by atoms with van der Waals surface area (Å²) in [5.74, 6) is 0.830. The van der Waals surface area contributed by atoms with Crippen molar-refractivity contribution >= 4 is 21.7 Å². The predicted octanol–water partition coefficient (Wildman–Crippen LogP) is 4.66. The Kier molecular flexibility index (Phi) is 2.64. The van der Waals surface area contributed by atoms with Gasteiger partial charge in [-0.3, -0.25) is 0 Å². The Hall–Kier alpha value is -2.81. The Bertz CT molecular complexity index is 923. The van der Waals surface area contributed by atoms with Gasteiger partial charge in [-0.25, -0.2) is 0 Å². The Morgan fingerprint density at radius 1 is 0.905 bits per heavy atom. The minimum atomic E-state index is 0.805. The lowest BCUT2D eigenvalue weighted by atomic mass is 10.0. The van der Waals surface area contributed by atoms with Crippen LogP contribution in [0.1, 0.15) is 0 Å². The van der Waals surface area contributed by atoms with Crippen molar-refractivity contribution in [3.63, 3.8) is 0 Å². The Balaban J connectivity index is 2.01. The Labute approximate surface area is 121 Å². The highest BCUT2D eigenvalue weighted by Gasteiger charge is 2.13. The first-order valence-corrected chi connectivity index (χ1v) is 6.78. The average Bonchev–Trinajstić information content (AvgIpc) is 2.99. The first-order valence-electron chi connectivity index (χ1n) is 6.78. The molecule has 3 nitrogen and oxygen atoms in total. The minimum Gasteiger partial charge on any atom is -0.497 e. The molecular weight excluding hydrogens is 262 g/mol. The largest absolute Gasteiger partial charge is 0.497 e. The highest BCUT2D eigenvalue weighted by Crippen LogP contribution is 2.34. The van der Waals surface area contributed by atoms with E-state index in [1.807, 2.05) is 42.5 Å². The number of hydrogen-bond acceptors (Lipinski definition) is 3. The number of methoxy groups -OCH3 is 1. The predicted molar refractivity (Wildman–Crippen MR) is 83.5 cm³/mol. The molecule has 0 radical (unpaired) electrons. The summed E-state index contributed by atoms with van der Waals surface area (Å²) in [6.07, 6.45) is 0. The zero-order valence-electron chi connectivity index (χ0n) is 11.5. The Morgan fingerprint density at radius 3 is 2.52 bits per heavy atom. The van der Waals surface area contributed by atoms with Gasteiger partial charge >= 0.3 is 0 Å². The van der Waals surface area contributed by atoms with Gasteiger partial charge < -0.3 is 9.26 Å². The quantitative estimate of drug-likeness (QED) is 0.534. The summed E-state index contributed by atoms with van der Waals surface area (Å²) >= 11 is 0. The van der Waals surface area contributed by atoms with E-state index >= 15 is 0 Å². The second-order valence-electron chi connectivity index (χ2n) is 4.92. The van der Waals surface area contributed by atoms with Crippen LogP contribution in [0.4, 0.5) is 0 Å². The summed E-state index contributed by atoms with van der Waals surface area (Å²) in [6, 6.07) is 20.2. The Morgan fingerprint density at radius 2 is 1.71 bits per heavy atom. The summed E-state index contributed by atoms with van der Waals surface area (Å²) in [6.45, 7) is 0. The molecule has 0 spiro atoms. The fourth-order valence-corrected chi connectivity index (χ4v) is 2.66. The molecule has 3 heteroatoms. The third-order valence-corrected chi connectivity index (χ3v) is 3.73. The first-order chi connectivity index (χ1) is 10.4. The fraction of sp³-hybridized carbons (Fsp3) is 0.0556. The number of rotatable bonds is 2. The molecule has 21 heavy (non-hydrogen) atoms. The van der Waals surface area contributed by atoms with Crippen molar-refractivity contribution in [2.75, 3.05) is 7.11 Å². The highest BCUT2D eigenvalue weighted by molar-refractivity contribution is 6.11. The van der Waals surface area contributed by atoms with Crippen molar-refractivity contribution < 1.29 is 9.26 Å². The van der Waals surface area contributed by atoms with Crippen molar-refractivity contribution in [1.29, 1.82) is 0 Å². The molecule has 1 aromatic heterocycles. The van der Waals surface area contributed by atoms with Gasteiger partial charge in [-0.15, -0.1) is 0 Å². The van der Waals surface area contributed by atoms with Gasteiger partial charge in [0, 0.05) is 5.56 Å². The van der Waals surface area contributed by atoms with Crippen LogP contribution in [0.15, 0.2) is 65.2 Å². The summed E-state index contributed by atoms with van der Waals surface area (Å²) in [7, 11) is 1.66. The number of benzene rings is 3. The smallest absolute Gasteiger partial charge is 0.168 e. The molecule has 0 saturated carbocycles. The van der Waals surface area contributed by atoms with E-state index in [1.54, 1.807) is 7.11 Å². The minimum absolute atomic E-state index is 0.805. The molecule has 0 atom stereocenters. The maximum Gasteiger partial charge on any atom is 0.168 e. The molecule has 0 aliphatic heterocycles. The van der Waals surface area contributed by atoms with E-state index in [0.29, 0.717) is 0 Å². The maximum atomic E-state index is 5.49. The number of ether oxygens (including phenoxy) is 1. The van der Waals surface area contributed by atoms with Crippen molar-refractivity contribution in [1.82, 2.24) is 5.16 Å². The lowest BCUT2D eigenvalue weighted by molar-refractivity contribution is 0.415. The normalized spacial score (nSPS) is 11.1.